The molecule has 0 bridgehead atoms. The van der Waals surface area contributed by atoms with E-state index in [4.69, 9.17) is 4.74 Å². The first kappa shape index (κ1) is 14.3. The van der Waals surface area contributed by atoms with E-state index in [-0.39, 0.29) is 17.8 Å². The molecule has 2 aliphatic rings. The Morgan fingerprint density at radius 3 is 2.58 bits per heavy atom. The second-order valence-corrected chi connectivity index (χ2v) is 5.41. The van der Waals surface area contributed by atoms with Crippen molar-refractivity contribution in [2.45, 2.75) is 6.42 Å². The fraction of sp³-hybridized carbons (Fsp3) is 0.846. The molecule has 2 fully saturated rings. The van der Waals surface area contributed by atoms with Crippen LogP contribution in [0.25, 0.3) is 0 Å². The van der Waals surface area contributed by atoms with E-state index in [1.165, 1.54) is 7.11 Å². The highest BCUT2D eigenvalue weighted by atomic mass is 16.5. The molecule has 2 aliphatic heterocycles. The standard InChI is InChI=1S/C13H23N3O3/c1-14-3-5-15(6-4-14)7-8-16-10-11(9-12(16)17)13(18)19-2/h11H,3-10H2,1-2H3. The highest BCUT2D eigenvalue weighted by molar-refractivity contribution is 5.86. The number of likely N-dealkylation sites (N-methyl/N-ethyl adjacent to an activating group) is 1. The van der Waals surface area contributed by atoms with Crippen LogP contribution in [0.15, 0.2) is 0 Å². The van der Waals surface area contributed by atoms with Gasteiger partial charge in [-0.2, -0.15) is 0 Å². The normalized spacial score (nSPS) is 25.9. The molecule has 1 amide bonds. The summed E-state index contributed by atoms with van der Waals surface area (Å²) in [6, 6.07) is 0. The van der Waals surface area contributed by atoms with Crippen molar-refractivity contribution < 1.29 is 14.3 Å². The van der Waals surface area contributed by atoms with Gasteiger partial charge in [0.1, 0.15) is 0 Å². The Balaban J connectivity index is 1.74. The van der Waals surface area contributed by atoms with E-state index < -0.39 is 0 Å². The molecular weight excluding hydrogens is 246 g/mol. The Morgan fingerprint density at radius 1 is 1.26 bits per heavy atom. The summed E-state index contributed by atoms with van der Waals surface area (Å²) in [4.78, 5) is 29.7. The second kappa shape index (κ2) is 6.34. The monoisotopic (exact) mass is 269 g/mol. The predicted molar refractivity (Wildman–Crippen MR) is 70.6 cm³/mol. The van der Waals surface area contributed by atoms with Crippen LogP contribution in [0.2, 0.25) is 0 Å². The van der Waals surface area contributed by atoms with E-state index >= 15 is 0 Å². The smallest absolute Gasteiger partial charge is 0.310 e. The molecule has 2 rings (SSSR count). The third-order valence-corrected chi connectivity index (χ3v) is 4.03. The van der Waals surface area contributed by atoms with Crippen molar-refractivity contribution in [3.63, 3.8) is 0 Å². The van der Waals surface area contributed by atoms with Crippen molar-refractivity contribution in [2.24, 2.45) is 5.92 Å². The molecule has 108 valence electrons. The Labute approximate surface area is 114 Å². The summed E-state index contributed by atoms with van der Waals surface area (Å²) >= 11 is 0. The molecular formula is C13H23N3O3. The number of hydrogen-bond donors (Lipinski definition) is 0. The third-order valence-electron chi connectivity index (χ3n) is 4.03. The van der Waals surface area contributed by atoms with Crippen LogP contribution in [-0.2, 0) is 14.3 Å². The minimum Gasteiger partial charge on any atom is -0.469 e. The Kier molecular flexibility index (Phi) is 4.76. The molecule has 6 nitrogen and oxygen atoms in total. The number of hydrogen-bond acceptors (Lipinski definition) is 5. The van der Waals surface area contributed by atoms with Gasteiger partial charge in [0, 0.05) is 52.2 Å². The summed E-state index contributed by atoms with van der Waals surface area (Å²) in [6.45, 7) is 6.40. The van der Waals surface area contributed by atoms with Crippen molar-refractivity contribution in [1.82, 2.24) is 14.7 Å². The van der Waals surface area contributed by atoms with Crippen molar-refractivity contribution in [3.05, 3.63) is 0 Å². The molecule has 0 saturated carbocycles. The molecule has 0 N–H and O–H groups in total. The van der Waals surface area contributed by atoms with Crippen molar-refractivity contribution >= 4 is 11.9 Å². The van der Waals surface area contributed by atoms with Gasteiger partial charge in [0.15, 0.2) is 0 Å². The number of piperazine rings is 1. The largest absolute Gasteiger partial charge is 0.469 e. The van der Waals surface area contributed by atoms with Gasteiger partial charge in [-0.3, -0.25) is 14.5 Å². The molecule has 0 aromatic carbocycles. The fourth-order valence-corrected chi connectivity index (χ4v) is 2.65. The number of rotatable bonds is 4. The van der Waals surface area contributed by atoms with Crippen LogP contribution in [-0.4, -0.2) is 86.5 Å². The van der Waals surface area contributed by atoms with Gasteiger partial charge in [-0.05, 0) is 7.05 Å². The van der Waals surface area contributed by atoms with Crippen LogP contribution < -0.4 is 0 Å². The zero-order chi connectivity index (χ0) is 13.8. The lowest BCUT2D eigenvalue weighted by Gasteiger charge is -2.33. The number of nitrogens with zero attached hydrogens (tertiary/aromatic N) is 3. The SMILES string of the molecule is COC(=O)C1CC(=O)N(CCN2CCN(C)CC2)C1. The minimum atomic E-state index is -0.273. The third kappa shape index (κ3) is 3.67. The maximum absolute atomic E-state index is 11.8. The van der Waals surface area contributed by atoms with Crippen molar-refractivity contribution in [1.29, 1.82) is 0 Å². The van der Waals surface area contributed by atoms with Gasteiger partial charge < -0.3 is 14.5 Å². The summed E-state index contributed by atoms with van der Waals surface area (Å²) < 4.78 is 4.70. The quantitative estimate of drug-likeness (QED) is 0.629. The number of amides is 1. The highest BCUT2D eigenvalue weighted by Gasteiger charge is 2.34. The lowest BCUT2D eigenvalue weighted by molar-refractivity contribution is -0.145. The number of esters is 1. The Morgan fingerprint density at radius 2 is 1.95 bits per heavy atom. The van der Waals surface area contributed by atoms with Crippen LogP contribution in [0.5, 0.6) is 0 Å². The maximum Gasteiger partial charge on any atom is 0.310 e. The van der Waals surface area contributed by atoms with Gasteiger partial charge in [-0.25, -0.2) is 0 Å². The summed E-state index contributed by atoms with van der Waals surface area (Å²) in [5.41, 5.74) is 0. The van der Waals surface area contributed by atoms with Gasteiger partial charge >= 0.3 is 5.97 Å². The number of methoxy groups -OCH3 is 1. The number of likely N-dealkylation sites (tertiary alicyclic amines) is 1. The average Bonchev–Trinajstić information content (AvgIpc) is 2.79. The molecule has 1 unspecified atom stereocenters. The van der Waals surface area contributed by atoms with Crippen LogP contribution in [0.4, 0.5) is 0 Å². The van der Waals surface area contributed by atoms with E-state index in [2.05, 4.69) is 16.8 Å². The van der Waals surface area contributed by atoms with Gasteiger partial charge in [-0.15, -0.1) is 0 Å². The Bertz CT molecular complexity index is 340. The fourth-order valence-electron chi connectivity index (χ4n) is 2.65. The molecule has 0 spiro atoms. The van der Waals surface area contributed by atoms with Crippen LogP contribution >= 0.6 is 0 Å². The van der Waals surface area contributed by atoms with Crippen LogP contribution in [0.1, 0.15) is 6.42 Å². The summed E-state index contributed by atoms with van der Waals surface area (Å²) in [6.07, 6.45) is 0.301. The maximum atomic E-state index is 11.8. The summed E-state index contributed by atoms with van der Waals surface area (Å²) in [5, 5.41) is 0. The summed E-state index contributed by atoms with van der Waals surface area (Å²) in [5.74, 6) is -0.468. The lowest BCUT2D eigenvalue weighted by Crippen LogP contribution is -2.47. The van der Waals surface area contributed by atoms with Gasteiger partial charge in [0.25, 0.3) is 0 Å². The second-order valence-electron chi connectivity index (χ2n) is 5.41. The lowest BCUT2D eigenvalue weighted by atomic mass is 10.1. The van der Waals surface area contributed by atoms with E-state index in [1.54, 1.807) is 4.90 Å². The number of carbonyl (C=O) groups is 2. The number of carbonyl (C=O) groups excluding carboxylic acids is 2. The predicted octanol–water partition coefficient (Wildman–Crippen LogP) is -0.745. The average molecular weight is 269 g/mol. The minimum absolute atomic E-state index is 0.0736. The van der Waals surface area contributed by atoms with Crippen LogP contribution in [0.3, 0.4) is 0 Å². The van der Waals surface area contributed by atoms with Crippen molar-refractivity contribution in [3.8, 4) is 0 Å². The molecule has 2 saturated heterocycles. The van der Waals surface area contributed by atoms with E-state index in [1.807, 2.05) is 0 Å². The first-order valence-electron chi connectivity index (χ1n) is 6.86. The molecule has 1 atom stereocenters. The van der Waals surface area contributed by atoms with E-state index in [0.29, 0.717) is 13.0 Å². The van der Waals surface area contributed by atoms with E-state index in [9.17, 15) is 9.59 Å². The molecule has 19 heavy (non-hydrogen) atoms. The van der Waals surface area contributed by atoms with Crippen LogP contribution in [0, 0.1) is 5.92 Å². The summed E-state index contributed by atoms with van der Waals surface area (Å²) in [7, 11) is 3.50. The first-order valence-corrected chi connectivity index (χ1v) is 6.86. The van der Waals surface area contributed by atoms with Gasteiger partial charge in [0.2, 0.25) is 5.91 Å². The van der Waals surface area contributed by atoms with E-state index in [0.717, 1.165) is 39.3 Å². The molecule has 0 radical (unpaired) electrons. The zero-order valence-electron chi connectivity index (χ0n) is 11.8. The molecule has 0 aliphatic carbocycles. The van der Waals surface area contributed by atoms with Gasteiger partial charge in [-0.1, -0.05) is 0 Å². The Hall–Kier alpha value is -1.14. The molecule has 0 aromatic rings. The topological polar surface area (TPSA) is 53.1 Å². The molecule has 0 aromatic heterocycles. The zero-order valence-corrected chi connectivity index (χ0v) is 11.8. The first-order chi connectivity index (χ1) is 9.10. The molecule has 6 heteroatoms. The molecule has 2 heterocycles. The van der Waals surface area contributed by atoms with Gasteiger partial charge in [0.05, 0.1) is 13.0 Å². The highest BCUT2D eigenvalue weighted by Crippen LogP contribution is 2.18. The number of ether oxygens (including phenoxy) is 1. The van der Waals surface area contributed by atoms with Crippen molar-refractivity contribution in [2.75, 3.05) is 60.0 Å².